The van der Waals surface area contributed by atoms with Gasteiger partial charge in [0, 0.05) is 12.6 Å². The standard InChI is InChI=1S/C11H14F4N2O2S/c1-7(16)4-5-17-20(18,19)10-3-2-8(12)6-9(10)11(13,14)15/h2-3,6-7,17H,4-5,16H2,1H3. The molecule has 0 saturated heterocycles. The summed E-state index contributed by atoms with van der Waals surface area (Å²) in [6, 6.07) is 1.11. The predicted octanol–water partition coefficient (Wildman–Crippen LogP) is 1.86. The van der Waals surface area contributed by atoms with Crippen molar-refractivity contribution in [2.45, 2.75) is 30.5 Å². The molecule has 9 heteroatoms. The van der Waals surface area contributed by atoms with E-state index in [1.54, 1.807) is 6.92 Å². The van der Waals surface area contributed by atoms with Crippen LogP contribution in [0.15, 0.2) is 23.1 Å². The predicted molar refractivity (Wildman–Crippen MR) is 64.9 cm³/mol. The Morgan fingerprint density at radius 2 is 1.95 bits per heavy atom. The highest BCUT2D eigenvalue weighted by Gasteiger charge is 2.37. The fraction of sp³-hybridized carbons (Fsp3) is 0.455. The van der Waals surface area contributed by atoms with Crippen molar-refractivity contribution < 1.29 is 26.0 Å². The summed E-state index contributed by atoms with van der Waals surface area (Å²) in [6.07, 6.45) is -4.70. The number of benzene rings is 1. The molecule has 3 N–H and O–H groups in total. The van der Waals surface area contributed by atoms with Crippen molar-refractivity contribution in [1.29, 1.82) is 0 Å². The van der Waals surface area contributed by atoms with Gasteiger partial charge in [-0.25, -0.2) is 17.5 Å². The van der Waals surface area contributed by atoms with Crippen molar-refractivity contribution in [2.24, 2.45) is 5.73 Å². The first-order chi connectivity index (χ1) is 9.04. The molecule has 0 aliphatic rings. The fourth-order valence-electron chi connectivity index (χ4n) is 1.46. The Hall–Kier alpha value is -1.19. The Morgan fingerprint density at radius 3 is 2.45 bits per heavy atom. The number of nitrogens with two attached hydrogens (primary N) is 1. The SMILES string of the molecule is CC(N)CCNS(=O)(=O)c1ccc(F)cc1C(F)(F)F. The van der Waals surface area contributed by atoms with E-state index in [2.05, 4.69) is 0 Å². The maximum absolute atomic E-state index is 12.9. The maximum Gasteiger partial charge on any atom is 0.417 e. The third-order valence-corrected chi connectivity index (χ3v) is 3.95. The number of alkyl halides is 3. The van der Waals surface area contributed by atoms with Gasteiger partial charge in [0.05, 0.1) is 10.5 Å². The van der Waals surface area contributed by atoms with Gasteiger partial charge in [0.25, 0.3) is 0 Å². The Kier molecular flexibility index (Phi) is 5.11. The van der Waals surface area contributed by atoms with Crippen molar-refractivity contribution in [3.05, 3.63) is 29.6 Å². The minimum absolute atomic E-state index is 0.103. The molecule has 4 nitrogen and oxygen atoms in total. The monoisotopic (exact) mass is 314 g/mol. The second kappa shape index (κ2) is 6.06. The van der Waals surface area contributed by atoms with Crippen LogP contribution in [-0.4, -0.2) is 21.0 Å². The molecule has 114 valence electrons. The average Bonchev–Trinajstić information content (AvgIpc) is 2.26. The summed E-state index contributed by atoms with van der Waals surface area (Å²) in [7, 11) is -4.38. The molecule has 0 saturated carbocycles. The average molecular weight is 314 g/mol. The smallest absolute Gasteiger partial charge is 0.328 e. The van der Waals surface area contributed by atoms with Gasteiger partial charge >= 0.3 is 6.18 Å². The van der Waals surface area contributed by atoms with E-state index in [0.29, 0.717) is 12.1 Å². The zero-order valence-corrected chi connectivity index (χ0v) is 11.4. The topological polar surface area (TPSA) is 72.2 Å². The van der Waals surface area contributed by atoms with Crippen molar-refractivity contribution >= 4 is 10.0 Å². The van der Waals surface area contributed by atoms with Crippen molar-refractivity contribution in [3.63, 3.8) is 0 Å². The van der Waals surface area contributed by atoms with E-state index >= 15 is 0 Å². The molecule has 1 atom stereocenters. The first-order valence-corrected chi connectivity index (χ1v) is 7.14. The van der Waals surface area contributed by atoms with Crippen LogP contribution in [0.4, 0.5) is 17.6 Å². The lowest BCUT2D eigenvalue weighted by Gasteiger charge is -2.14. The third kappa shape index (κ3) is 4.43. The molecule has 1 rings (SSSR count). The highest BCUT2D eigenvalue weighted by atomic mass is 32.2. The summed E-state index contributed by atoms with van der Waals surface area (Å²) in [6.45, 7) is 1.53. The summed E-state index contributed by atoms with van der Waals surface area (Å²) in [5.41, 5.74) is 3.88. The molecule has 0 radical (unpaired) electrons. The van der Waals surface area contributed by atoms with Crippen LogP contribution in [0.2, 0.25) is 0 Å². The van der Waals surface area contributed by atoms with Gasteiger partial charge in [0.15, 0.2) is 0 Å². The molecule has 0 fully saturated rings. The number of nitrogens with one attached hydrogen (secondary N) is 1. The Labute approximate surface area is 114 Å². The minimum atomic E-state index is -4.96. The van der Waals surface area contributed by atoms with Crippen molar-refractivity contribution in [1.82, 2.24) is 4.72 Å². The van der Waals surface area contributed by atoms with Gasteiger partial charge in [-0.3, -0.25) is 0 Å². The minimum Gasteiger partial charge on any atom is -0.328 e. The van der Waals surface area contributed by atoms with Crippen LogP contribution in [0.25, 0.3) is 0 Å². The summed E-state index contributed by atoms with van der Waals surface area (Å²) >= 11 is 0. The van der Waals surface area contributed by atoms with Gasteiger partial charge in [-0.15, -0.1) is 0 Å². The molecular weight excluding hydrogens is 300 g/mol. The normalized spacial score (nSPS) is 14.3. The van der Waals surface area contributed by atoms with Crippen LogP contribution < -0.4 is 10.5 Å². The van der Waals surface area contributed by atoms with Crippen molar-refractivity contribution in [3.8, 4) is 0 Å². The zero-order valence-electron chi connectivity index (χ0n) is 10.5. The maximum atomic E-state index is 12.9. The molecule has 0 aliphatic heterocycles. The highest BCUT2D eigenvalue weighted by molar-refractivity contribution is 7.89. The third-order valence-electron chi connectivity index (χ3n) is 2.43. The largest absolute Gasteiger partial charge is 0.417 e. The second-order valence-corrected chi connectivity index (χ2v) is 6.04. The molecule has 0 amide bonds. The quantitative estimate of drug-likeness (QED) is 0.815. The molecule has 0 bridgehead atoms. The Morgan fingerprint density at radius 1 is 1.35 bits per heavy atom. The van der Waals surface area contributed by atoms with E-state index in [1.807, 2.05) is 4.72 Å². The van der Waals surface area contributed by atoms with Crippen LogP contribution >= 0.6 is 0 Å². The fourth-order valence-corrected chi connectivity index (χ4v) is 2.71. The number of halogens is 4. The lowest BCUT2D eigenvalue weighted by atomic mass is 10.2. The Bertz CT molecular complexity index is 570. The second-order valence-electron chi connectivity index (χ2n) is 4.30. The number of rotatable bonds is 5. The number of hydrogen-bond acceptors (Lipinski definition) is 3. The number of sulfonamides is 1. The lowest BCUT2D eigenvalue weighted by Crippen LogP contribution is -2.30. The molecule has 0 spiro atoms. The molecule has 0 aliphatic carbocycles. The van der Waals surface area contributed by atoms with Crippen LogP contribution in [0.3, 0.4) is 0 Å². The first-order valence-electron chi connectivity index (χ1n) is 5.66. The van der Waals surface area contributed by atoms with Gasteiger partial charge < -0.3 is 5.73 Å². The van der Waals surface area contributed by atoms with Crippen LogP contribution in [0, 0.1) is 5.82 Å². The first kappa shape index (κ1) is 16.9. The van der Waals surface area contributed by atoms with E-state index in [1.165, 1.54) is 0 Å². The molecule has 20 heavy (non-hydrogen) atoms. The summed E-state index contributed by atoms with van der Waals surface area (Å²) < 4.78 is 76.7. The highest BCUT2D eigenvalue weighted by Crippen LogP contribution is 2.34. The molecule has 1 unspecified atom stereocenters. The molecule has 1 aromatic carbocycles. The van der Waals surface area contributed by atoms with Crippen LogP contribution in [-0.2, 0) is 16.2 Å². The van der Waals surface area contributed by atoms with E-state index in [-0.39, 0.29) is 25.1 Å². The number of hydrogen-bond donors (Lipinski definition) is 2. The van der Waals surface area contributed by atoms with Gasteiger partial charge in [0.2, 0.25) is 10.0 Å². The van der Waals surface area contributed by atoms with E-state index < -0.39 is 32.5 Å². The van der Waals surface area contributed by atoms with E-state index in [4.69, 9.17) is 5.73 Å². The van der Waals surface area contributed by atoms with E-state index in [9.17, 15) is 26.0 Å². The van der Waals surface area contributed by atoms with Gasteiger partial charge in [-0.05, 0) is 31.5 Å². The molecule has 1 aromatic rings. The van der Waals surface area contributed by atoms with Crippen LogP contribution in [0.1, 0.15) is 18.9 Å². The summed E-state index contributed by atoms with van der Waals surface area (Å²) in [5, 5.41) is 0. The van der Waals surface area contributed by atoms with Gasteiger partial charge in [0.1, 0.15) is 5.82 Å². The van der Waals surface area contributed by atoms with Crippen molar-refractivity contribution in [2.75, 3.05) is 6.54 Å². The Balaban J connectivity index is 3.12. The van der Waals surface area contributed by atoms with Gasteiger partial charge in [-0.2, -0.15) is 13.2 Å². The molecule has 0 aromatic heterocycles. The summed E-state index contributed by atoms with van der Waals surface area (Å²) in [4.78, 5) is -1.00. The van der Waals surface area contributed by atoms with Gasteiger partial charge in [-0.1, -0.05) is 0 Å². The molecule has 0 heterocycles. The lowest BCUT2D eigenvalue weighted by molar-refractivity contribution is -0.140. The molecular formula is C11H14F4N2O2S. The summed E-state index contributed by atoms with van der Waals surface area (Å²) in [5.74, 6) is -1.16. The van der Waals surface area contributed by atoms with Crippen LogP contribution in [0.5, 0.6) is 0 Å². The zero-order chi connectivity index (χ0) is 15.6. The van der Waals surface area contributed by atoms with E-state index in [0.717, 1.165) is 0 Å².